The van der Waals surface area contributed by atoms with Crippen molar-refractivity contribution in [1.82, 2.24) is 25.5 Å². The van der Waals surface area contributed by atoms with Crippen molar-refractivity contribution in [2.24, 2.45) is 7.05 Å². The van der Waals surface area contributed by atoms with E-state index in [1.165, 1.54) is 4.80 Å². The highest BCUT2D eigenvalue weighted by Crippen LogP contribution is 2.25. The summed E-state index contributed by atoms with van der Waals surface area (Å²) in [5, 5.41) is 15.2. The number of hydrogen-bond acceptors (Lipinski definition) is 6. The van der Waals surface area contributed by atoms with Gasteiger partial charge in [0.05, 0.1) is 14.2 Å². The van der Waals surface area contributed by atoms with Crippen molar-refractivity contribution in [2.45, 2.75) is 26.5 Å². The number of hydrogen-bond donors (Lipinski definition) is 1. The Morgan fingerprint density at radius 1 is 1.33 bits per heavy atom. The maximum absolute atomic E-state index is 5.81. The third kappa shape index (κ3) is 4.42. The van der Waals surface area contributed by atoms with E-state index in [0.717, 1.165) is 36.6 Å². The molecule has 1 heterocycles. The highest BCUT2D eigenvalue weighted by molar-refractivity contribution is 5.40. The van der Waals surface area contributed by atoms with Crippen LogP contribution in [0.4, 0.5) is 0 Å². The number of rotatable bonds is 8. The fourth-order valence-electron chi connectivity index (χ4n) is 1.87. The van der Waals surface area contributed by atoms with E-state index in [9.17, 15) is 0 Å². The van der Waals surface area contributed by atoms with Crippen LogP contribution in [0.5, 0.6) is 11.5 Å². The number of tetrazole rings is 1. The second-order valence-electron chi connectivity index (χ2n) is 4.63. The molecule has 1 aromatic heterocycles. The maximum atomic E-state index is 5.81. The summed E-state index contributed by atoms with van der Waals surface area (Å²) < 4.78 is 11.1. The molecule has 0 unspecified atom stereocenters. The third-order valence-electron chi connectivity index (χ3n) is 2.92. The topological polar surface area (TPSA) is 74.1 Å². The minimum Gasteiger partial charge on any atom is -0.497 e. The summed E-state index contributed by atoms with van der Waals surface area (Å²) in [5.41, 5.74) is 1.08. The van der Waals surface area contributed by atoms with Gasteiger partial charge >= 0.3 is 0 Å². The van der Waals surface area contributed by atoms with Crippen LogP contribution < -0.4 is 14.8 Å². The molecule has 1 aromatic carbocycles. The summed E-state index contributed by atoms with van der Waals surface area (Å²) >= 11 is 0. The van der Waals surface area contributed by atoms with Crippen molar-refractivity contribution < 1.29 is 9.47 Å². The average molecular weight is 291 g/mol. The van der Waals surface area contributed by atoms with Gasteiger partial charge in [0.15, 0.2) is 6.61 Å². The van der Waals surface area contributed by atoms with Crippen LogP contribution in [-0.2, 0) is 20.2 Å². The second-order valence-corrected chi connectivity index (χ2v) is 4.63. The average Bonchev–Trinajstić information content (AvgIpc) is 2.92. The number of nitrogens with zero attached hydrogens (tertiary/aromatic N) is 4. The van der Waals surface area contributed by atoms with Crippen LogP contribution >= 0.6 is 0 Å². The number of benzene rings is 1. The second kappa shape index (κ2) is 7.58. The van der Waals surface area contributed by atoms with Crippen LogP contribution in [0, 0.1) is 0 Å². The monoisotopic (exact) mass is 291 g/mol. The standard InChI is InChI=1S/C14H21N5O2/c1-4-7-15-9-11-5-6-12(20-3)8-13(11)21-10-14-16-18-19(2)17-14/h5-6,8,15H,4,7,9-10H2,1-3H3. The van der Waals surface area contributed by atoms with Crippen LogP contribution in [0.3, 0.4) is 0 Å². The molecule has 0 spiro atoms. The van der Waals surface area contributed by atoms with Gasteiger partial charge in [-0.15, -0.1) is 10.2 Å². The van der Waals surface area contributed by atoms with Crippen molar-refractivity contribution in [3.63, 3.8) is 0 Å². The highest BCUT2D eigenvalue weighted by Gasteiger charge is 2.08. The lowest BCUT2D eigenvalue weighted by Gasteiger charge is -2.12. The molecule has 1 N–H and O–H groups in total. The van der Waals surface area contributed by atoms with Crippen molar-refractivity contribution in [3.8, 4) is 11.5 Å². The van der Waals surface area contributed by atoms with Crippen LogP contribution in [0.1, 0.15) is 24.7 Å². The molecule has 0 atom stereocenters. The summed E-state index contributed by atoms with van der Waals surface area (Å²) in [5.74, 6) is 2.08. The van der Waals surface area contributed by atoms with E-state index in [0.29, 0.717) is 5.82 Å². The zero-order valence-electron chi connectivity index (χ0n) is 12.7. The van der Waals surface area contributed by atoms with Crippen molar-refractivity contribution in [1.29, 1.82) is 0 Å². The molecule has 21 heavy (non-hydrogen) atoms. The summed E-state index contributed by atoms with van der Waals surface area (Å²) in [6.45, 7) is 4.14. The van der Waals surface area contributed by atoms with E-state index < -0.39 is 0 Å². The number of nitrogens with one attached hydrogen (secondary N) is 1. The Labute approximate surface area is 124 Å². The van der Waals surface area contributed by atoms with E-state index in [2.05, 4.69) is 27.7 Å². The Morgan fingerprint density at radius 2 is 2.19 bits per heavy atom. The van der Waals surface area contributed by atoms with Gasteiger partial charge in [0.1, 0.15) is 11.5 Å². The van der Waals surface area contributed by atoms with E-state index in [4.69, 9.17) is 9.47 Å². The normalized spacial score (nSPS) is 10.6. The summed E-state index contributed by atoms with van der Waals surface area (Å²) in [7, 11) is 3.36. The van der Waals surface area contributed by atoms with Crippen LogP contribution in [0.15, 0.2) is 18.2 Å². The summed E-state index contributed by atoms with van der Waals surface area (Å²) in [6.07, 6.45) is 1.09. The SMILES string of the molecule is CCCNCc1ccc(OC)cc1OCc1nnn(C)n1. The van der Waals surface area contributed by atoms with Gasteiger partial charge in [-0.05, 0) is 24.2 Å². The molecule has 0 saturated carbocycles. The van der Waals surface area contributed by atoms with E-state index in [-0.39, 0.29) is 6.61 Å². The molecule has 0 aliphatic heterocycles. The number of aryl methyl sites for hydroxylation is 1. The summed E-state index contributed by atoms with van der Waals surface area (Å²) in [6, 6.07) is 5.80. The molecule has 114 valence electrons. The third-order valence-corrected chi connectivity index (χ3v) is 2.92. The zero-order chi connectivity index (χ0) is 15.1. The molecule has 0 bridgehead atoms. The molecule has 0 saturated heterocycles. The predicted octanol–water partition coefficient (Wildman–Crippen LogP) is 1.30. The van der Waals surface area contributed by atoms with Crippen molar-refractivity contribution in [3.05, 3.63) is 29.6 Å². The summed E-state index contributed by atoms with van der Waals surface area (Å²) in [4.78, 5) is 1.41. The molecule has 7 nitrogen and oxygen atoms in total. The van der Waals surface area contributed by atoms with E-state index in [1.54, 1.807) is 14.2 Å². The molecule has 0 aliphatic carbocycles. The van der Waals surface area contributed by atoms with Gasteiger partial charge in [-0.3, -0.25) is 0 Å². The molecule has 0 amide bonds. The van der Waals surface area contributed by atoms with Gasteiger partial charge in [-0.2, -0.15) is 4.80 Å². The van der Waals surface area contributed by atoms with Gasteiger partial charge in [-0.1, -0.05) is 13.0 Å². The van der Waals surface area contributed by atoms with Crippen molar-refractivity contribution >= 4 is 0 Å². The molecule has 7 heteroatoms. The molecule has 0 fully saturated rings. The van der Waals surface area contributed by atoms with Gasteiger partial charge in [0.2, 0.25) is 5.82 Å². The predicted molar refractivity (Wildman–Crippen MR) is 78.1 cm³/mol. The fourth-order valence-corrected chi connectivity index (χ4v) is 1.87. The van der Waals surface area contributed by atoms with Gasteiger partial charge < -0.3 is 14.8 Å². The zero-order valence-corrected chi connectivity index (χ0v) is 12.7. The Balaban J connectivity index is 2.06. The van der Waals surface area contributed by atoms with Gasteiger partial charge in [0, 0.05) is 18.2 Å². The molecule has 0 radical (unpaired) electrons. The smallest absolute Gasteiger partial charge is 0.212 e. The Morgan fingerprint density at radius 3 is 2.86 bits per heavy atom. The van der Waals surface area contributed by atoms with Gasteiger partial charge in [0.25, 0.3) is 0 Å². The minimum absolute atomic E-state index is 0.280. The van der Waals surface area contributed by atoms with Crippen LogP contribution in [0.2, 0.25) is 0 Å². The van der Waals surface area contributed by atoms with Crippen LogP contribution in [0.25, 0.3) is 0 Å². The maximum Gasteiger partial charge on any atom is 0.212 e. The van der Waals surface area contributed by atoms with E-state index in [1.807, 2.05) is 18.2 Å². The van der Waals surface area contributed by atoms with Crippen LogP contribution in [-0.4, -0.2) is 33.9 Å². The van der Waals surface area contributed by atoms with Crippen molar-refractivity contribution in [2.75, 3.05) is 13.7 Å². The molecular weight excluding hydrogens is 270 g/mol. The first-order valence-electron chi connectivity index (χ1n) is 6.96. The number of aromatic nitrogens is 4. The fraction of sp³-hybridized carbons (Fsp3) is 0.500. The number of methoxy groups -OCH3 is 1. The Kier molecular flexibility index (Phi) is 5.51. The molecule has 2 rings (SSSR count). The first-order valence-corrected chi connectivity index (χ1v) is 6.96. The van der Waals surface area contributed by atoms with Gasteiger partial charge in [-0.25, -0.2) is 0 Å². The first-order chi connectivity index (χ1) is 10.2. The Hall–Kier alpha value is -2.15. The first kappa shape index (κ1) is 15.2. The molecule has 0 aliphatic rings. The lowest BCUT2D eigenvalue weighted by Crippen LogP contribution is -2.14. The molecule has 2 aromatic rings. The highest BCUT2D eigenvalue weighted by atomic mass is 16.5. The largest absolute Gasteiger partial charge is 0.497 e. The lowest BCUT2D eigenvalue weighted by molar-refractivity contribution is 0.289. The Bertz CT molecular complexity index is 570. The minimum atomic E-state index is 0.280. The quantitative estimate of drug-likeness (QED) is 0.739. The molecular formula is C14H21N5O2. The lowest BCUT2D eigenvalue weighted by atomic mass is 10.2. The number of ether oxygens (including phenoxy) is 2. The van der Waals surface area contributed by atoms with E-state index >= 15 is 0 Å².